The number of benzene rings is 2. The van der Waals surface area contributed by atoms with Gasteiger partial charge < -0.3 is 19.3 Å². The normalized spacial score (nSPS) is 10.8. The zero-order valence-electron chi connectivity index (χ0n) is 16.5. The Morgan fingerprint density at radius 3 is 2.32 bits per heavy atom. The molecule has 0 aliphatic rings. The van der Waals surface area contributed by atoms with Crippen LogP contribution in [0.4, 0.5) is 5.69 Å². The van der Waals surface area contributed by atoms with Crippen molar-refractivity contribution in [3.8, 4) is 11.5 Å². The van der Waals surface area contributed by atoms with Gasteiger partial charge in [0, 0.05) is 5.69 Å². The summed E-state index contributed by atoms with van der Waals surface area (Å²) in [7, 11) is 1.61. The molecule has 1 amide bonds. The molecule has 146 valence electrons. The number of nitrogens with zero attached hydrogens (tertiary/aromatic N) is 1. The summed E-state index contributed by atoms with van der Waals surface area (Å²) in [4.78, 5) is 12.7. The standard InChI is InChI=1S/C22H24N2O4/c1-14(2)16-5-7-17(8-6-16)23-22(25)21-20(15(3)28-24-21)13-27-19-11-9-18(26-4)10-12-19/h5-12,14H,13H2,1-4H3,(H,23,25). The molecule has 1 N–H and O–H groups in total. The molecular formula is C22H24N2O4. The molecule has 0 aliphatic carbocycles. The van der Waals surface area contributed by atoms with E-state index in [2.05, 4.69) is 24.3 Å². The van der Waals surface area contributed by atoms with E-state index in [0.717, 1.165) is 5.75 Å². The molecule has 0 atom stereocenters. The molecule has 2 aromatic carbocycles. The second kappa shape index (κ2) is 8.61. The topological polar surface area (TPSA) is 73.6 Å². The average molecular weight is 380 g/mol. The Morgan fingerprint density at radius 1 is 1.07 bits per heavy atom. The number of rotatable bonds is 7. The van der Waals surface area contributed by atoms with Gasteiger partial charge in [0.15, 0.2) is 5.69 Å². The molecule has 0 radical (unpaired) electrons. The SMILES string of the molecule is COc1ccc(OCc2c(C(=O)Nc3ccc(C(C)C)cc3)noc2C)cc1. The molecule has 0 unspecified atom stereocenters. The van der Waals surface area contributed by atoms with Crippen LogP contribution in [-0.2, 0) is 6.61 Å². The number of anilines is 1. The van der Waals surface area contributed by atoms with Gasteiger partial charge in [-0.3, -0.25) is 4.79 Å². The number of amides is 1. The van der Waals surface area contributed by atoms with Gasteiger partial charge in [-0.25, -0.2) is 0 Å². The lowest BCUT2D eigenvalue weighted by atomic mass is 10.0. The van der Waals surface area contributed by atoms with Crippen molar-refractivity contribution >= 4 is 11.6 Å². The Morgan fingerprint density at radius 2 is 1.71 bits per heavy atom. The molecule has 0 bridgehead atoms. The van der Waals surface area contributed by atoms with Crippen molar-refractivity contribution in [3.05, 3.63) is 71.1 Å². The Kier molecular flexibility index (Phi) is 5.99. The lowest BCUT2D eigenvalue weighted by molar-refractivity contribution is 0.101. The van der Waals surface area contributed by atoms with E-state index >= 15 is 0 Å². The first-order chi connectivity index (χ1) is 13.5. The second-order valence-corrected chi connectivity index (χ2v) is 6.76. The summed E-state index contributed by atoms with van der Waals surface area (Å²) in [6, 6.07) is 15.0. The summed E-state index contributed by atoms with van der Waals surface area (Å²) in [5.41, 5.74) is 2.76. The molecule has 1 aromatic heterocycles. The first kappa shape index (κ1) is 19.5. The fourth-order valence-corrected chi connectivity index (χ4v) is 2.71. The third kappa shape index (κ3) is 4.52. The van der Waals surface area contributed by atoms with Crippen LogP contribution in [-0.4, -0.2) is 18.2 Å². The van der Waals surface area contributed by atoms with Crippen LogP contribution in [0.5, 0.6) is 11.5 Å². The predicted molar refractivity (Wildman–Crippen MR) is 107 cm³/mol. The first-order valence-corrected chi connectivity index (χ1v) is 9.11. The maximum absolute atomic E-state index is 12.7. The molecule has 1 heterocycles. The number of methoxy groups -OCH3 is 1. The van der Waals surface area contributed by atoms with Gasteiger partial charge in [-0.1, -0.05) is 31.1 Å². The molecule has 3 aromatic rings. The van der Waals surface area contributed by atoms with Crippen LogP contribution in [0.2, 0.25) is 0 Å². The minimum Gasteiger partial charge on any atom is -0.497 e. The highest BCUT2D eigenvalue weighted by Crippen LogP contribution is 2.22. The Bertz CT molecular complexity index is 928. The van der Waals surface area contributed by atoms with E-state index in [-0.39, 0.29) is 18.2 Å². The largest absolute Gasteiger partial charge is 0.497 e. The molecule has 0 spiro atoms. The molecule has 28 heavy (non-hydrogen) atoms. The van der Waals surface area contributed by atoms with E-state index < -0.39 is 0 Å². The summed E-state index contributed by atoms with van der Waals surface area (Å²) < 4.78 is 16.1. The number of carbonyl (C=O) groups is 1. The van der Waals surface area contributed by atoms with Crippen LogP contribution in [0.15, 0.2) is 53.1 Å². The van der Waals surface area contributed by atoms with E-state index in [1.54, 1.807) is 26.2 Å². The zero-order valence-corrected chi connectivity index (χ0v) is 16.5. The van der Waals surface area contributed by atoms with Gasteiger partial charge in [-0.05, 0) is 54.8 Å². The second-order valence-electron chi connectivity index (χ2n) is 6.76. The van der Waals surface area contributed by atoms with Crippen LogP contribution >= 0.6 is 0 Å². The van der Waals surface area contributed by atoms with E-state index in [1.165, 1.54) is 5.56 Å². The van der Waals surface area contributed by atoms with Gasteiger partial charge in [0.05, 0.1) is 12.7 Å². The predicted octanol–water partition coefficient (Wildman–Crippen LogP) is 4.95. The first-order valence-electron chi connectivity index (χ1n) is 9.11. The molecule has 6 heteroatoms. The van der Waals surface area contributed by atoms with Crippen molar-refractivity contribution < 1.29 is 18.8 Å². The van der Waals surface area contributed by atoms with E-state index in [1.807, 2.05) is 36.4 Å². The number of nitrogens with one attached hydrogen (secondary N) is 1. The van der Waals surface area contributed by atoms with Gasteiger partial charge in [0.2, 0.25) is 0 Å². The summed E-state index contributed by atoms with van der Waals surface area (Å²) in [6.07, 6.45) is 0. The van der Waals surface area contributed by atoms with Crippen molar-refractivity contribution in [1.29, 1.82) is 0 Å². The fourth-order valence-electron chi connectivity index (χ4n) is 2.71. The monoisotopic (exact) mass is 380 g/mol. The van der Waals surface area contributed by atoms with Gasteiger partial charge in [-0.15, -0.1) is 0 Å². The van der Waals surface area contributed by atoms with Crippen molar-refractivity contribution in [2.75, 3.05) is 12.4 Å². The van der Waals surface area contributed by atoms with Gasteiger partial charge in [0.25, 0.3) is 5.91 Å². The van der Waals surface area contributed by atoms with Gasteiger partial charge in [-0.2, -0.15) is 0 Å². The van der Waals surface area contributed by atoms with Gasteiger partial charge in [0.1, 0.15) is 23.9 Å². The van der Waals surface area contributed by atoms with E-state index in [4.69, 9.17) is 14.0 Å². The summed E-state index contributed by atoms with van der Waals surface area (Å²) in [5.74, 6) is 2.06. The lowest BCUT2D eigenvalue weighted by Gasteiger charge is -2.09. The smallest absolute Gasteiger partial charge is 0.278 e. The van der Waals surface area contributed by atoms with Crippen LogP contribution in [0.1, 0.15) is 47.1 Å². The minimum atomic E-state index is -0.331. The fraction of sp³-hybridized carbons (Fsp3) is 0.273. The highest BCUT2D eigenvalue weighted by Gasteiger charge is 2.20. The molecule has 0 saturated carbocycles. The van der Waals surface area contributed by atoms with Crippen molar-refractivity contribution in [2.24, 2.45) is 0 Å². The zero-order chi connectivity index (χ0) is 20.1. The number of aryl methyl sites for hydroxylation is 1. The number of hydrogen-bond donors (Lipinski definition) is 1. The van der Waals surface area contributed by atoms with Crippen LogP contribution in [0.3, 0.4) is 0 Å². The number of aromatic nitrogens is 1. The highest BCUT2D eigenvalue weighted by atomic mass is 16.5. The third-order valence-corrected chi connectivity index (χ3v) is 4.48. The van der Waals surface area contributed by atoms with Crippen molar-refractivity contribution in [1.82, 2.24) is 5.16 Å². The minimum absolute atomic E-state index is 0.177. The Labute approximate surface area is 164 Å². The Hall–Kier alpha value is -3.28. The van der Waals surface area contributed by atoms with Crippen LogP contribution in [0, 0.1) is 6.92 Å². The van der Waals surface area contributed by atoms with Gasteiger partial charge >= 0.3 is 0 Å². The number of carbonyl (C=O) groups excluding carboxylic acids is 1. The van der Waals surface area contributed by atoms with E-state index in [0.29, 0.717) is 28.7 Å². The molecule has 0 fully saturated rings. The van der Waals surface area contributed by atoms with Crippen LogP contribution < -0.4 is 14.8 Å². The number of hydrogen-bond acceptors (Lipinski definition) is 5. The highest BCUT2D eigenvalue weighted by molar-refractivity contribution is 6.03. The quantitative estimate of drug-likeness (QED) is 0.628. The maximum atomic E-state index is 12.7. The maximum Gasteiger partial charge on any atom is 0.278 e. The molecule has 0 saturated heterocycles. The van der Waals surface area contributed by atoms with Crippen molar-refractivity contribution in [2.45, 2.75) is 33.3 Å². The summed E-state index contributed by atoms with van der Waals surface area (Å²) >= 11 is 0. The van der Waals surface area contributed by atoms with Crippen LogP contribution in [0.25, 0.3) is 0 Å². The molecule has 0 aliphatic heterocycles. The molecule has 3 rings (SSSR count). The van der Waals surface area contributed by atoms with Crippen molar-refractivity contribution in [3.63, 3.8) is 0 Å². The lowest BCUT2D eigenvalue weighted by Crippen LogP contribution is -2.15. The average Bonchev–Trinajstić information content (AvgIpc) is 3.07. The third-order valence-electron chi connectivity index (χ3n) is 4.48. The number of ether oxygens (including phenoxy) is 2. The summed E-state index contributed by atoms with van der Waals surface area (Å²) in [5, 5.41) is 6.77. The molecular weight excluding hydrogens is 356 g/mol. The Balaban J connectivity index is 1.69. The summed E-state index contributed by atoms with van der Waals surface area (Å²) in [6.45, 7) is 6.19. The van der Waals surface area contributed by atoms with E-state index in [9.17, 15) is 4.79 Å². The molecule has 6 nitrogen and oxygen atoms in total.